The summed E-state index contributed by atoms with van der Waals surface area (Å²) in [5.41, 5.74) is 1.41. The number of rotatable bonds is 3. The molecule has 88 valence electrons. The summed E-state index contributed by atoms with van der Waals surface area (Å²) < 4.78 is 0. The fourth-order valence-corrected chi connectivity index (χ4v) is 3.46. The Bertz CT molecular complexity index is 329. The van der Waals surface area contributed by atoms with Crippen LogP contribution < -0.4 is 5.32 Å². The van der Waals surface area contributed by atoms with Crippen LogP contribution in [0.15, 0.2) is 0 Å². The lowest BCUT2D eigenvalue weighted by Crippen LogP contribution is -2.15. The van der Waals surface area contributed by atoms with E-state index in [-0.39, 0.29) is 0 Å². The molecule has 0 aliphatic heterocycles. The highest BCUT2D eigenvalue weighted by atomic mass is 32.1. The largest absolute Gasteiger partial charge is 0.308 e. The number of hydrogen-bond acceptors (Lipinski definition) is 3. The van der Waals surface area contributed by atoms with Crippen molar-refractivity contribution in [2.75, 3.05) is 0 Å². The molecule has 0 spiro atoms. The Balaban J connectivity index is 1.67. The highest BCUT2D eigenvalue weighted by molar-refractivity contribution is 7.11. The SMILES string of the molecule is C1CCCc2sc(CNC3CC3)nc2CC1. The maximum absolute atomic E-state index is 4.81. The Hall–Kier alpha value is -0.410. The molecule has 16 heavy (non-hydrogen) atoms. The van der Waals surface area contributed by atoms with Crippen molar-refractivity contribution in [2.24, 2.45) is 0 Å². The predicted octanol–water partition coefficient (Wildman–Crippen LogP) is 3.05. The van der Waals surface area contributed by atoms with E-state index >= 15 is 0 Å². The second kappa shape index (κ2) is 4.84. The van der Waals surface area contributed by atoms with E-state index in [1.807, 2.05) is 11.3 Å². The third kappa shape index (κ3) is 2.64. The monoisotopic (exact) mass is 236 g/mol. The third-order valence-electron chi connectivity index (χ3n) is 3.51. The van der Waals surface area contributed by atoms with Crippen LogP contribution in [0, 0.1) is 0 Å². The molecule has 1 aromatic rings. The van der Waals surface area contributed by atoms with Gasteiger partial charge in [0.15, 0.2) is 0 Å². The maximum Gasteiger partial charge on any atom is 0.107 e. The Morgan fingerprint density at radius 1 is 1.12 bits per heavy atom. The molecule has 0 amide bonds. The van der Waals surface area contributed by atoms with Gasteiger partial charge in [-0.2, -0.15) is 0 Å². The molecular formula is C13H20N2S. The van der Waals surface area contributed by atoms with Gasteiger partial charge in [-0.25, -0.2) is 4.98 Å². The van der Waals surface area contributed by atoms with Crippen LogP contribution in [0.1, 0.15) is 54.1 Å². The van der Waals surface area contributed by atoms with E-state index in [1.165, 1.54) is 62.1 Å². The van der Waals surface area contributed by atoms with Crippen LogP contribution in [-0.2, 0) is 19.4 Å². The molecule has 0 bridgehead atoms. The van der Waals surface area contributed by atoms with Gasteiger partial charge >= 0.3 is 0 Å². The highest BCUT2D eigenvalue weighted by Gasteiger charge is 2.21. The summed E-state index contributed by atoms with van der Waals surface area (Å²) in [6, 6.07) is 0.798. The minimum Gasteiger partial charge on any atom is -0.308 e. The van der Waals surface area contributed by atoms with E-state index in [1.54, 1.807) is 4.88 Å². The van der Waals surface area contributed by atoms with Crippen molar-refractivity contribution < 1.29 is 0 Å². The number of fused-ring (bicyclic) bond motifs is 1. The zero-order valence-electron chi connectivity index (χ0n) is 9.80. The van der Waals surface area contributed by atoms with Crippen molar-refractivity contribution in [3.8, 4) is 0 Å². The van der Waals surface area contributed by atoms with Crippen molar-refractivity contribution in [1.29, 1.82) is 0 Å². The molecule has 0 aromatic carbocycles. The van der Waals surface area contributed by atoms with Gasteiger partial charge in [0.2, 0.25) is 0 Å². The highest BCUT2D eigenvalue weighted by Crippen LogP contribution is 2.26. The number of nitrogens with zero attached hydrogens (tertiary/aromatic N) is 1. The van der Waals surface area contributed by atoms with E-state index in [0.717, 1.165) is 12.6 Å². The first-order valence-corrected chi connectivity index (χ1v) is 7.44. The fourth-order valence-electron chi connectivity index (χ4n) is 2.35. The molecule has 0 saturated heterocycles. The molecule has 3 rings (SSSR count). The molecule has 1 aromatic heterocycles. The van der Waals surface area contributed by atoms with Gasteiger partial charge in [0.1, 0.15) is 5.01 Å². The van der Waals surface area contributed by atoms with E-state index < -0.39 is 0 Å². The summed E-state index contributed by atoms with van der Waals surface area (Å²) in [5, 5.41) is 4.88. The van der Waals surface area contributed by atoms with Gasteiger partial charge in [0.05, 0.1) is 5.69 Å². The third-order valence-corrected chi connectivity index (χ3v) is 4.67. The van der Waals surface area contributed by atoms with Gasteiger partial charge in [-0.15, -0.1) is 11.3 Å². The summed E-state index contributed by atoms with van der Waals surface area (Å²) >= 11 is 1.95. The second-order valence-corrected chi connectivity index (χ2v) is 6.22. The lowest BCUT2D eigenvalue weighted by atomic mass is 10.0. The molecule has 2 nitrogen and oxygen atoms in total. The number of hydrogen-bond donors (Lipinski definition) is 1. The van der Waals surface area contributed by atoms with Crippen LogP contribution in [0.4, 0.5) is 0 Å². The molecule has 1 fully saturated rings. The molecule has 2 aliphatic carbocycles. The van der Waals surface area contributed by atoms with Gasteiger partial charge < -0.3 is 5.32 Å². The quantitative estimate of drug-likeness (QED) is 0.872. The molecule has 2 aliphatic rings. The van der Waals surface area contributed by atoms with Crippen LogP contribution in [0.25, 0.3) is 0 Å². The number of aryl methyl sites for hydroxylation is 2. The van der Waals surface area contributed by atoms with Gasteiger partial charge in [-0.05, 0) is 38.5 Å². The van der Waals surface area contributed by atoms with Crippen LogP contribution in [-0.4, -0.2) is 11.0 Å². The molecule has 0 atom stereocenters. The molecular weight excluding hydrogens is 216 g/mol. The minimum absolute atomic E-state index is 0.798. The van der Waals surface area contributed by atoms with E-state index in [0.29, 0.717) is 0 Å². The number of nitrogens with one attached hydrogen (secondary N) is 1. The zero-order chi connectivity index (χ0) is 10.8. The van der Waals surface area contributed by atoms with Crippen molar-refractivity contribution in [3.63, 3.8) is 0 Å². The Kier molecular flexibility index (Phi) is 3.25. The topological polar surface area (TPSA) is 24.9 Å². The molecule has 1 N–H and O–H groups in total. The zero-order valence-corrected chi connectivity index (χ0v) is 10.6. The number of thiazole rings is 1. The fraction of sp³-hybridized carbons (Fsp3) is 0.769. The summed E-state index contributed by atoms with van der Waals surface area (Å²) in [6.45, 7) is 1.00. The van der Waals surface area contributed by atoms with E-state index in [9.17, 15) is 0 Å². The molecule has 0 radical (unpaired) electrons. The second-order valence-electron chi connectivity index (χ2n) is 5.05. The van der Waals surface area contributed by atoms with Crippen LogP contribution in [0.3, 0.4) is 0 Å². The average molecular weight is 236 g/mol. The van der Waals surface area contributed by atoms with Crippen molar-refractivity contribution >= 4 is 11.3 Å². The van der Waals surface area contributed by atoms with Crippen molar-refractivity contribution in [3.05, 3.63) is 15.6 Å². The molecule has 1 saturated carbocycles. The summed E-state index contributed by atoms with van der Waals surface area (Å²) in [7, 11) is 0. The first kappa shape index (κ1) is 10.7. The van der Waals surface area contributed by atoms with Crippen molar-refractivity contribution in [1.82, 2.24) is 10.3 Å². The van der Waals surface area contributed by atoms with Crippen LogP contribution in [0.2, 0.25) is 0 Å². The first-order chi connectivity index (χ1) is 7.92. The molecule has 0 unspecified atom stereocenters. The van der Waals surface area contributed by atoms with Gasteiger partial charge in [-0.3, -0.25) is 0 Å². The average Bonchev–Trinajstić information content (AvgIpc) is 3.01. The van der Waals surface area contributed by atoms with Gasteiger partial charge in [0, 0.05) is 17.5 Å². The predicted molar refractivity (Wildman–Crippen MR) is 67.9 cm³/mol. The van der Waals surface area contributed by atoms with E-state index in [4.69, 9.17) is 4.98 Å². The molecule has 1 heterocycles. The van der Waals surface area contributed by atoms with Crippen LogP contribution >= 0.6 is 11.3 Å². The normalized spacial score (nSPS) is 21.2. The Morgan fingerprint density at radius 2 is 1.94 bits per heavy atom. The Morgan fingerprint density at radius 3 is 2.75 bits per heavy atom. The first-order valence-electron chi connectivity index (χ1n) is 6.62. The maximum atomic E-state index is 4.81. The Labute approximate surface area is 101 Å². The minimum atomic E-state index is 0.798. The number of aromatic nitrogens is 1. The lowest BCUT2D eigenvalue weighted by molar-refractivity contribution is 0.613. The van der Waals surface area contributed by atoms with Crippen LogP contribution in [0.5, 0.6) is 0 Å². The van der Waals surface area contributed by atoms with Crippen molar-refractivity contribution in [2.45, 2.75) is 64.0 Å². The lowest BCUT2D eigenvalue weighted by Gasteiger charge is -2.06. The summed E-state index contributed by atoms with van der Waals surface area (Å²) in [5.74, 6) is 0. The summed E-state index contributed by atoms with van der Waals surface area (Å²) in [4.78, 5) is 6.38. The summed E-state index contributed by atoms with van der Waals surface area (Å²) in [6.07, 6.45) is 10.7. The smallest absolute Gasteiger partial charge is 0.107 e. The molecule has 3 heteroatoms. The van der Waals surface area contributed by atoms with Gasteiger partial charge in [0.25, 0.3) is 0 Å². The standard InChI is InChI=1S/C13H20N2S/c1-2-4-6-12-11(5-3-1)15-13(16-12)9-14-10-7-8-10/h10,14H,1-9H2. The van der Waals surface area contributed by atoms with Gasteiger partial charge in [-0.1, -0.05) is 12.8 Å². The van der Waals surface area contributed by atoms with E-state index in [2.05, 4.69) is 5.32 Å².